The van der Waals surface area contributed by atoms with Crippen LogP contribution in [-0.2, 0) is 6.42 Å². The van der Waals surface area contributed by atoms with Crippen molar-refractivity contribution >= 4 is 17.2 Å². The van der Waals surface area contributed by atoms with E-state index in [2.05, 4.69) is 16.0 Å². The molecule has 0 aromatic carbocycles. The fourth-order valence-corrected chi connectivity index (χ4v) is 1.47. The molecule has 1 heterocycles. The Hall–Kier alpha value is -0.890. The van der Waals surface area contributed by atoms with Crippen LogP contribution in [0.5, 0.6) is 0 Å². The summed E-state index contributed by atoms with van der Waals surface area (Å²) in [5.74, 6) is 0. The van der Waals surface area contributed by atoms with Crippen molar-refractivity contribution in [3.05, 3.63) is 28.8 Å². The molecule has 0 saturated carbocycles. The first kappa shape index (κ1) is 6.80. The molecule has 0 spiro atoms. The average Bonchev–Trinajstić information content (AvgIpc) is 2.35. The molecule has 1 aromatic rings. The highest BCUT2D eigenvalue weighted by Crippen LogP contribution is 2.28. The van der Waals surface area contributed by atoms with Crippen molar-refractivity contribution in [2.45, 2.75) is 13.3 Å². The van der Waals surface area contributed by atoms with Crippen LogP contribution in [0.15, 0.2) is 12.4 Å². The smallest absolute Gasteiger partial charge is 0.136 e. The minimum atomic E-state index is 0.586. The quantitative estimate of drug-likeness (QED) is 0.552. The molecular weight excluding hydrogens is 160 g/mol. The number of aromatic nitrogens is 2. The van der Waals surface area contributed by atoms with Crippen LogP contribution in [0.2, 0.25) is 5.15 Å². The topological polar surface area (TPSA) is 25.8 Å². The molecule has 1 aliphatic rings. The minimum Gasteiger partial charge on any atom is -0.236 e. The molecule has 0 amide bonds. The maximum atomic E-state index is 5.85. The Labute approximate surface area is 69.9 Å². The monoisotopic (exact) mass is 166 g/mol. The largest absolute Gasteiger partial charge is 0.236 e. The van der Waals surface area contributed by atoms with Gasteiger partial charge in [-0.3, -0.25) is 0 Å². The second-order valence-electron chi connectivity index (χ2n) is 2.58. The predicted octanol–water partition coefficient (Wildman–Crippen LogP) is 2.09. The van der Waals surface area contributed by atoms with Gasteiger partial charge in [0.05, 0.1) is 5.69 Å². The summed E-state index contributed by atoms with van der Waals surface area (Å²) in [5, 5.41) is 0.586. The van der Waals surface area contributed by atoms with Gasteiger partial charge in [-0.05, 0) is 18.9 Å². The van der Waals surface area contributed by atoms with E-state index in [1.165, 1.54) is 11.9 Å². The molecule has 0 atom stereocenters. The van der Waals surface area contributed by atoms with E-state index in [-0.39, 0.29) is 0 Å². The van der Waals surface area contributed by atoms with Gasteiger partial charge in [0.2, 0.25) is 0 Å². The third-order valence-electron chi connectivity index (χ3n) is 1.88. The summed E-state index contributed by atoms with van der Waals surface area (Å²) >= 11 is 5.85. The van der Waals surface area contributed by atoms with E-state index < -0.39 is 0 Å². The van der Waals surface area contributed by atoms with Gasteiger partial charge in [-0.25, -0.2) is 9.97 Å². The Morgan fingerprint density at radius 1 is 1.45 bits per heavy atom. The molecule has 1 aromatic heterocycles. The minimum absolute atomic E-state index is 0.586. The zero-order valence-corrected chi connectivity index (χ0v) is 6.89. The van der Waals surface area contributed by atoms with Gasteiger partial charge in [-0.2, -0.15) is 0 Å². The molecule has 0 radical (unpaired) electrons. The van der Waals surface area contributed by atoms with Gasteiger partial charge in [-0.1, -0.05) is 17.7 Å². The number of nitrogens with zero attached hydrogens (tertiary/aromatic N) is 2. The van der Waals surface area contributed by atoms with E-state index in [4.69, 9.17) is 11.6 Å². The highest BCUT2D eigenvalue weighted by atomic mass is 35.5. The van der Waals surface area contributed by atoms with Gasteiger partial charge in [0.25, 0.3) is 0 Å². The van der Waals surface area contributed by atoms with E-state index in [1.807, 2.05) is 6.92 Å². The van der Waals surface area contributed by atoms with Crippen molar-refractivity contribution in [2.24, 2.45) is 0 Å². The van der Waals surface area contributed by atoms with Crippen LogP contribution >= 0.6 is 11.6 Å². The molecule has 0 N–H and O–H groups in total. The van der Waals surface area contributed by atoms with Crippen LogP contribution in [0.25, 0.3) is 5.57 Å². The summed E-state index contributed by atoms with van der Waals surface area (Å²) < 4.78 is 0. The second kappa shape index (κ2) is 2.31. The highest BCUT2D eigenvalue weighted by molar-refractivity contribution is 6.30. The molecule has 0 fully saturated rings. The number of rotatable bonds is 0. The normalized spacial score (nSPS) is 14.5. The Kier molecular flexibility index (Phi) is 1.43. The lowest BCUT2D eigenvalue weighted by Crippen LogP contribution is -1.91. The first-order valence-electron chi connectivity index (χ1n) is 3.45. The fourth-order valence-electron chi connectivity index (χ4n) is 1.26. The van der Waals surface area contributed by atoms with Gasteiger partial charge < -0.3 is 0 Å². The van der Waals surface area contributed by atoms with E-state index in [9.17, 15) is 0 Å². The fraction of sp³-hybridized carbons (Fsp3) is 0.250. The number of fused-ring (bicyclic) bond motifs is 1. The molecule has 0 aliphatic heterocycles. The van der Waals surface area contributed by atoms with Crippen molar-refractivity contribution in [1.29, 1.82) is 0 Å². The van der Waals surface area contributed by atoms with Crippen LogP contribution in [-0.4, -0.2) is 9.97 Å². The Balaban J connectivity index is 2.64. The van der Waals surface area contributed by atoms with Gasteiger partial charge in [-0.15, -0.1) is 0 Å². The average molecular weight is 167 g/mol. The van der Waals surface area contributed by atoms with Crippen molar-refractivity contribution in [3.63, 3.8) is 0 Å². The lowest BCUT2D eigenvalue weighted by atomic mass is 10.2. The van der Waals surface area contributed by atoms with Crippen molar-refractivity contribution in [3.8, 4) is 0 Å². The maximum Gasteiger partial charge on any atom is 0.136 e. The van der Waals surface area contributed by atoms with Gasteiger partial charge in [0, 0.05) is 5.56 Å². The molecule has 0 bridgehead atoms. The van der Waals surface area contributed by atoms with E-state index in [1.54, 1.807) is 0 Å². The van der Waals surface area contributed by atoms with Gasteiger partial charge in [0.15, 0.2) is 0 Å². The standard InChI is InChI=1S/C8H7ClN2/c1-5-2-3-6-7(5)10-4-11-8(6)9/h2,4H,3H2,1H3. The highest BCUT2D eigenvalue weighted by Gasteiger charge is 2.14. The van der Waals surface area contributed by atoms with Gasteiger partial charge >= 0.3 is 0 Å². The first-order valence-corrected chi connectivity index (χ1v) is 3.83. The van der Waals surface area contributed by atoms with Crippen molar-refractivity contribution < 1.29 is 0 Å². The van der Waals surface area contributed by atoms with E-state index in [0.717, 1.165) is 17.7 Å². The van der Waals surface area contributed by atoms with Crippen LogP contribution in [0, 0.1) is 0 Å². The molecule has 0 saturated heterocycles. The molecule has 11 heavy (non-hydrogen) atoms. The zero-order valence-electron chi connectivity index (χ0n) is 6.13. The second-order valence-corrected chi connectivity index (χ2v) is 2.94. The predicted molar refractivity (Wildman–Crippen MR) is 44.4 cm³/mol. The Bertz CT molecular complexity index is 331. The molecule has 2 nitrogen and oxygen atoms in total. The Morgan fingerprint density at radius 2 is 2.27 bits per heavy atom. The molecule has 56 valence electrons. The molecule has 2 rings (SSSR count). The summed E-state index contributed by atoms with van der Waals surface area (Å²) in [4.78, 5) is 8.04. The summed E-state index contributed by atoms with van der Waals surface area (Å²) in [6.45, 7) is 2.04. The summed E-state index contributed by atoms with van der Waals surface area (Å²) in [7, 11) is 0. The van der Waals surface area contributed by atoms with Crippen LogP contribution in [0.4, 0.5) is 0 Å². The third kappa shape index (κ3) is 0.942. The van der Waals surface area contributed by atoms with Gasteiger partial charge in [0.1, 0.15) is 11.5 Å². The lowest BCUT2D eigenvalue weighted by molar-refractivity contribution is 1.09. The number of hydrogen-bond donors (Lipinski definition) is 0. The first-order chi connectivity index (χ1) is 5.29. The van der Waals surface area contributed by atoms with Crippen LogP contribution in [0.3, 0.4) is 0 Å². The summed E-state index contributed by atoms with van der Waals surface area (Å²) in [5.41, 5.74) is 3.26. The summed E-state index contributed by atoms with van der Waals surface area (Å²) in [6, 6.07) is 0. The lowest BCUT2D eigenvalue weighted by Gasteiger charge is -1.99. The third-order valence-corrected chi connectivity index (χ3v) is 2.20. The van der Waals surface area contributed by atoms with Crippen molar-refractivity contribution in [2.75, 3.05) is 0 Å². The van der Waals surface area contributed by atoms with Crippen molar-refractivity contribution in [1.82, 2.24) is 9.97 Å². The molecular formula is C8H7ClN2. The molecule has 1 aliphatic carbocycles. The van der Waals surface area contributed by atoms with Crippen LogP contribution in [0.1, 0.15) is 18.2 Å². The number of allylic oxidation sites excluding steroid dienone is 2. The number of halogens is 1. The van der Waals surface area contributed by atoms with E-state index >= 15 is 0 Å². The number of hydrogen-bond acceptors (Lipinski definition) is 2. The summed E-state index contributed by atoms with van der Waals surface area (Å²) in [6.07, 6.45) is 4.50. The molecule has 3 heteroatoms. The molecule has 0 unspecified atom stereocenters. The Morgan fingerprint density at radius 3 is 3.00 bits per heavy atom. The zero-order chi connectivity index (χ0) is 7.84. The van der Waals surface area contributed by atoms with Crippen LogP contribution < -0.4 is 0 Å². The van der Waals surface area contributed by atoms with E-state index in [0.29, 0.717) is 5.15 Å². The maximum absolute atomic E-state index is 5.85. The SMILES string of the molecule is CC1=CCc2c(Cl)ncnc21.